The van der Waals surface area contributed by atoms with Crippen LogP contribution in [0, 0.1) is 5.92 Å². The number of amides is 1. The van der Waals surface area contributed by atoms with Crippen molar-refractivity contribution in [3.05, 3.63) is 23.5 Å². The molecule has 0 radical (unpaired) electrons. The summed E-state index contributed by atoms with van der Waals surface area (Å²) >= 11 is 0. The Hall–Kier alpha value is -2.16. The highest BCUT2D eigenvalue weighted by Crippen LogP contribution is 2.44. The molecule has 0 bridgehead atoms. The van der Waals surface area contributed by atoms with Gasteiger partial charge in [0.05, 0.1) is 11.5 Å². The minimum Gasteiger partial charge on any atom is -0.484 e. The fraction of sp³-hybridized carbons (Fsp3) is 0.611. The maximum Gasteiger partial charge on any atom is 0.422 e. The van der Waals surface area contributed by atoms with Crippen LogP contribution in [0.4, 0.5) is 13.2 Å². The molecule has 1 aliphatic carbocycles. The van der Waals surface area contributed by atoms with Crippen molar-refractivity contribution >= 4 is 11.7 Å². The number of halogens is 3. The van der Waals surface area contributed by atoms with Crippen LogP contribution in [-0.2, 0) is 4.79 Å². The van der Waals surface area contributed by atoms with E-state index in [-0.39, 0.29) is 23.8 Å². The summed E-state index contributed by atoms with van der Waals surface area (Å²) in [5.41, 5.74) is -1.02. The summed E-state index contributed by atoms with van der Waals surface area (Å²) in [6.07, 6.45) is -1.82. The Labute approximate surface area is 155 Å². The number of aliphatic hydroxyl groups is 1. The highest BCUT2D eigenvalue weighted by molar-refractivity contribution is 5.97. The number of aromatic nitrogens is 1. The topological polar surface area (TPSA) is 88.5 Å². The lowest BCUT2D eigenvalue weighted by molar-refractivity contribution is -0.153. The van der Waals surface area contributed by atoms with Gasteiger partial charge in [0.1, 0.15) is 11.4 Å². The molecule has 1 atom stereocenters. The molecule has 150 valence electrons. The van der Waals surface area contributed by atoms with Gasteiger partial charge in [0, 0.05) is 31.3 Å². The molecule has 9 heteroatoms. The first kappa shape index (κ1) is 21.1. The van der Waals surface area contributed by atoms with Gasteiger partial charge in [-0.2, -0.15) is 13.2 Å². The molecule has 1 saturated carbocycles. The van der Waals surface area contributed by atoms with Gasteiger partial charge in [-0.1, -0.05) is 0 Å². The first-order chi connectivity index (χ1) is 12.4. The van der Waals surface area contributed by atoms with Gasteiger partial charge in [-0.15, -0.1) is 0 Å². The number of hydrogen-bond acceptors (Lipinski definition) is 5. The van der Waals surface area contributed by atoms with Gasteiger partial charge in [0.15, 0.2) is 12.4 Å². The summed E-state index contributed by atoms with van der Waals surface area (Å²) in [4.78, 5) is 28.5. The standard InChI is InChI=1S/C18H23F3N2O4/c1-17(2,26)12(16(25)22-3)6-14(24)13-7-15(27-9-18(19,20)21)11(8-23-13)10-4-5-10/h7-8,10,12,26H,4-6,9H2,1-3H3,(H,22,25). The maximum atomic E-state index is 12.5. The smallest absolute Gasteiger partial charge is 0.422 e. The average Bonchev–Trinajstić information content (AvgIpc) is 3.39. The van der Waals surface area contributed by atoms with E-state index in [9.17, 15) is 27.9 Å². The van der Waals surface area contributed by atoms with Crippen LogP contribution >= 0.6 is 0 Å². The minimum atomic E-state index is -4.50. The second-order valence-electron chi connectivity index (χ2n) is 7.23. The second kappa shape index (κ2) is 7.84. The number of nitrogens with zero attached hydrogens (tertiary/aromatic N) is 1. The van der Waals surface area contributed by atoms with Gasteiger partial charge in [-0.25, -0.2) is 0 Å². The van der Waals surface area contributed by atoms with E-state index in [1.165, 1.54) is 33.2 Å². The predicted molar refractivity (Wildman–Crippen MR) is 90.6 cm³/mol. The van der Waals surface area contributed by atoms with Crippen molar-refractivity contribution in [2.45, 2.75) is 50.8 Å². The number of carbonyl (C=O) groups excluding carboxylic acids is 2. The Bertz CT molecular complexity index is 710. The number of carbonyl (C=O) groups is 2. The molecule has 0 aromatic carbocycles. The molecule has 6 nitrogen and oxygen atoms in total. The van der Waals surface area contributed by atoms with Crippen LogP contribution in [0.2, 0.25) is 0 Å². The number of hydrogen-bond donors (Lipinski definition) is 2. The summed E-state index contributed by atoms with van der Waals surface area (Å²) in [7, 11) is 1.39. The van der Waals surface area contributed by atoms with Crippen LogP contribution in [0.1, 0.15) is 55.1 Å². The zero-order chi connectivity index (χ0) is 20.4. The predicted octanol–water partition coefficient (Wildman–Crippen LogP) is 2.61. The quantitative estimate of drug-likeness (QED) is 0.669. The maximum absolute atomic E-state index is 12.5. The number of ketones is 1. The fourth-order valence-electron chi connectivity index (χ4n) is 2.71. The molecule has 2 N–H and O–H groups in total. The molecule has 0 spiro atoms. The third-order valence-electron chi connectivity index (χ3n) is 4.39. The Morgan fingerprint density at radius 3 is 2.48 bits per heavy atom. The number of pyridine rings is 1. The number of rotatable bonds is 8. The van der Waals surface area contributed by atoms with Crippen LogP contribution in [0.3, 0.4) is 0 Å². The molecule has 1 fully saturated rings. The molecule has 1 amide bonds. The summed E-state index contributed by atoms with van der Waals surface area (Å²) in [6.45, 7) is 1.35. The zero-order valence-electron chi connectivity index (χ0n) is 15.4. The van der Waals surface area contributed by atoms with E-state index in [4.69, 9.17) is 4.74 Å². The highest BCUT2D eigenvalue weighted by atomic mass is 19.4. The van der Waals surface area contributed by atoms with E-state index in [2.05, 4.69) is 10.3 Å². The van der Waals surface area contributed by atoms with Crippen molar-refractivity contribution in [1.82, 2.24) is 10.3 Å². The van der Waals surface area contributed by atoms with Gasteiger partial charge in [-0.05, 0) is 32.6 Å². The third-order valence-corrected chi connectivity index (χ3v) is 4.39. The van der Waals surface area contributed by atoms with Crippen LogP contribution < -0.4 is 10.1 Å². The first-order valence-electron chi connectivity index (χ1n) is 8.59. The number of Topliss-reactive ketones (excluding diaryl/α,β-unsaturated/α-hetero) is 1. The molecule has 1 aliphatic rings. The summed E-state index contributed by atoms with van der Waals surface area (Å²) < 4.78 is 42.4. The molecule has 27 heavy (non-hydrogen) atoms. The largest absolute Gasteiger partial charge is 0.484 e. The number of nitrogens with one attached hydrogen (secondary N) is 1. The molecule has 1 unspecified atom stereocenters. The van der Waals surface area contributed by atoms with E-state index < -0.39 is 36.0 Å². The van der Waals surface area contributed by atoms with Crippen molar-refractivity contribution in [3.63, 3.8) is 0 Å². The monoisotopic (exact) mass is 388 g/mol. The van der Waals surface area contributed by atoms with Crippen LogP contribution in [0.25, 0.3) is 0 Å². The Morgan fingerprint density at radius 1 is 1.37 bits per heavy atom. The van der Waals surface area contributed by atoms with E-state index in [0.29, 0.717) is 5.56 Å². The van der Waals surface area contributed by atoms with Crippen molar-refractivity contribution in [2.24, 2.45) is 5.92 Å². The summed E-state index contributed by atoms with van der Waals surface area (Å²) in [5.74, 6) is -2.05. The van der Waals surface area contributed by atoms with Crippen molar-refractivity contribution in [1.29, 1.82) is 0 Å². The molecule has 1 aromatic rings. The third kappa shape index (κ3) is 5.92. The van der Waals surface area contributed by atoms with Crippen LogP contribution in [0.15, 0.2) is 12.3 Å². The molecule has 2 rings (SSSR count). The zero-order valence-corrected chi connectivity index (χ0v) is 15.4. The molecule has 0 saturated heterocycles. The Kier molecular flexibility index (Phi) is 6.14. The van der Waals surface area contributed by atoms with Crippen molar-refractivity contribution in [3.8, 4) is 5.75 Å². The lowest BCUT2D eigenvalue weighted by atomic mass is 9.85. The molecule has 1 heterocycles. The van der Waals surface area contributed by atoms with Crippen molar-refractivity contribution < 1.29 is 32.6 Å². The number of ether oxygens (including phenoxy) is 1. The highest BCUT2D eigenvalue weighted by Gasteiger charge is 2.36. The minimum absolute atomic E-state index is 0.0204. The normalized spacial score (nSPS) is 16.0. The van der Waals surface area contributed by atoms with Crippen LogP contribution in [-0.4, -0.2) is 47.2 Å². The van der Waals surface area contributed by atoms with Gasteiger partial charge in [0.25, 0.3) is 0 Å². The lowest BCUT2D eigenvalue weighted by Gasteiger charge is -2.27. The molecular weight excluding hydrogens is 365 g/mol. The summed E-state index contributed by atoms with van der Waals surface area (Å²) in [5, 5.41) is 12.5. The van der Waals surface area contributed by atoms with Gasteiger partial charge in [0.2, 0.25) is 5.91 Å². The van der Waals surface area contributed by atoms with Gasteiger partial charge in [-0.3, -0.25) is 14.6 Å². The van der Waals surface area contributed by atoms with Gasteiger partial charge >= 0.3 is 6.18 Å². The molecule has 1 aromatic heterocycles. The molecular formula is C18H23F3N2O4. The fourth-order valence-corrected chi connectivity index (χ4v) is 2.71. The first-order valence-corrected chi connectivity index (χ1v) is 8.59. The van der Waals surface area contributed by atoms with E-state index in [0.717, 1.165) is 12.8 Å². The van der Waals surface area contributed by atoms with E-state index in [1.807, 2.05) is 0 Å². The van der Waals surface area contributed by atoms with Gasteiger partial charge < -0.3 is 15.2 Å². The Morgan fingerprint density at radius 2 is 2.00 bits per heavy atom. The SMILES string of the molecule is CNC(=O)C(CC(=O)c1cc(OCC(F)(F)F)c(C2CC2)cn1)C(C)(C)O. The van der Waals surface area contributed by atoms with Crippen molar-refractivity contribution in [2.75, 3.05) is 13.7 Å². The van der Waals surface area contributed by atoms with Crippen LogP contribution in [0.5, 0.6) is 5.75 Å². The van der Waals surface area contributed by atoms with E-state index >= 15 is 0 Å². The second-order valence-corrected chi connectivity index (χ2v) is 7.23. The lowest BCUT2D eigenvalue weighted by Crippen LogP contribution is -2.43. The summed E-state index contributed by atoms with van der Waals surface area (Å²) in [6, 6.07) is 1.19. The Balaban J connectivity index is 2.23. The number of alkyl halides is 3. The molecule has 0 aliphatic heterocycles. The van der Waals surface area contributed by atoms with E-state index in [1.54, 1.807) is 0 Å². The average molecular weight is 388 g/mol.